The van der Waals surface area contributed by atoms with E-state index in [0.29, 0.717) is 12.1 Å². The Balaban J connectivity index is 1.97. The number of thiophene rings is 1. The van der Waals surface area contributed by atoms with Gasteiger partial charge in [0.1, 0.15) is 0 Å². The Hall–Kier alpha value is -1.12. The molecular weight excluding hydrogens is 274 g/mol. The molecule has 114 valence electrons. The molecule has 1 N–H and O–H groups in total. The second-order valence-electron chi connectivity index (χ2n) is 5.84. The summed E-state index contributed by atoms with van der Waals surface area (Å²) in [7, 11) is 0. The summed E-state index contributed by atoms with van der Waals surface area (Å²) in [5.74, 6) is 0. The van der Waals surface area contributed by atoms with Crippen LogP contribution in [0.15, 0.2) is 36.4 Å². The van der Waals surface area contributed by atoms with Crippen molar-refractivity contribution < 1.29 is 0 Å². The topological polar surface area (TPSA) is 12.0 Å². The average molecular weight is 301 g/mol. The van der Waals surface area contributed by atoms with E-state index in [0.717, 1.165) is 19.3 Å². The quantitative estimate of drug-likeness (QED) is 0.732. The number of benzene rings is 1. The summed E-state index contributed by atoms with van der Waals surface area (Å²) in [4.78, 5) is 2.88. The zero-order valence-electron chi connectivity index (χ0n) is 13.6. The van der Waals surface area contributed by atoms with Crippen molar-refractivity contribution in [1.29, 1.82) is 0 Å². The van der Waals surface area contributed by atoms with Gasteiger partial charge in [0.15, 0.2) is 0 Å². The molecule has 0 bridgehead atoms. The van der Waals surface area contributed by atoms with Crippen LogP contribution in [-0.2, 0) is 12.8 Å². The summed E-state index contributed by atoms with van der Waals surface area (Å²) in [6.45, 7) is 8.93. The van der Waals surface area contributed by atoms with E-state index in [-0.39, 0.29) is 0 Å². The Labute approximate surface area is 133 Å². The van der Waals surface area contributed by atoms with Crippen molar-refractivity contribution in [3.8, 4) is 0 Å². The normalized spacial score (nSPS) is 14.1. The minimum Gasteiger partial charge on any atom is -0.307 e. The molecule has 0 aliphatic carbocycles. The molecule has 0 amide bonds. The average Bonchev–Trinajstić information content (AvgIpc) is 2.90. The van der Waals surface area contributed by atoms with Crippen LogP contribution in [0.4, 0.5) is 0 Å². The summed E-state index contributed by atoms with van der Waals surface area (Å²) < 4.78 is 0. The van der Waals surface area contributed by atoms with Gasteiger partial charge in [-0.1, -0.05) is 38.1 Å². The highest BCUT2D eigenvalue weighted by molar-refractivity contribution is 7.11. The zero-order valence-corrected chi connectivity index (χ0v) is 14.5. The van der Waals surface area contributed by atoms with Crippen molar-refractivity contribution >= 4 is 11.3 Å². The van der Waals surface area contributed by atoms with Crippen molar-refractivity contribution in [2.45, 2.75) is 59.0 Å². The first-order chi connectivity index (χ1) is 10.1. The van der Waals surface area contributed by atoms with Crippen LogP contribution in [0.2, 0.25) is 0 Å². The van der Waals surface area contributed by atoms with Crippen LogP contribution in [0.3, 0.4) is 0 Å². The van der Waals surface area contributed by atoms with E-state index in [1.807, 2.05) is 11.3 Å². The lowest BCUT2D eigenvalue weighted by Gasteiger charge is -2.22. The molecule has 1 aromatic heterocycles. The molecule has 2 rings (SSSR count). The predicted octanol–water partition coefficient (Wildman–Crippen LogP) is 5.29. The molecule has 2 atom stereocenters. The lowest BCUT2D eigenvalue weighted by atomic mass is 10.0. The van der Waals surface area contributed by atoms with Gasteiger partial charge in [-0.3, -0.25) is 0 Å². The first-order valence-electron chi connectivity index (χ1n) is 8.02. The summed E-state index contributed by atoms with van der Waals surface area (Å²) in [6.07, 6.45) is 3.35. The van der Waals surface area contributed by atoms with Gasteiger partial charge in [0.25, 0.3) is 0 Å². The minimum absolute atomic E-state index is 0.451. The summed E-state index contributed by atoms with van der Waals surface area (Å²) in [5.41, 5.74) is 2.82. The monoisotopic (exact) mass is 301 g/mol. The van der Waals surface area contributed by atoms with Gasteiger partial charge in [-0.25, -0.2) is 0 Å². The number of hydrogen-bond acceptors (Lipinski definition) is 2. The van der Waals surface area contributed by atoms with Crippen LogP contribution >= 0.6 is 11.3 Å². The fourth-order valence-electron chi connectivity index (χ4n) is 2.73. The fourth-order valence-corrected chi connectivity index (χ4v) is 3.75. The third kappa shape index (κ3) is 4.69. The highest BCUT2D eigenvalue weighted by Gasteiger charge is 2.13. The standard InChI is InChI=1S/C19H27NS/c1-5-16-8-10-17(11-9-16)19(6-2)20-14(3)13-18-12-7-15(4)21-18/h7-12,14,19-20H,5-6,13H2,1-4H3. The van der Waals surface area contributed by atoms with Gasteiger partial charge in [0.2, 0.25) is 0 Å². The van der Waals surface area contributed by atoms with Crippen molar-refractivity contribution in [2.24, 2.45) is 0 Å². The second kappa shape index (κ2) is 7.77. The van der Waals surface area contributed by atoms with Gasteiger partial charge in [-0.2, -0.15) is 0 Å². The van der Waals surface area contributed by atoms with Gasteiger partial charge in [-0.05, 0) is 56.4 Å². The Morgan fingerprint density at radius 2 is 1.76 bits per heavy atom. The van der Waals surface area contributed by atoms with Crippen molar-refractivity contribution in [2.75, 3.05) is 0 Å². The number of hydrogen-bond donors (Lipinski definition) is 1. The number of aryl methyl sites for hydroxylation is 2. The second-order valence-corrected chi connectivity index (χ2v) is 7.21. The molecule has 0 radical (unpaired) electrons. The third-order valence-corrected chi connectivity index (χ3v) is 5.01. The summed E-state index contributed by atoms with van der Waals surface area (Å²) in [5, 5.41) is 3.78. The van der Waals surface area contributed by atoms with Crippen LogP contribution in [0.1, 0.15) is 54.1 Å². The predicted molar refractivity (Wildman–Crippen MR) is 94.2 cm³/mol. The van der Waals surface area contributed by atoms with E-state index >= 15 is 0 Å². The highest BCUT2D eigenvalue weighted by atomic mass is 32.1. The number of nitrogens with one attached hydrogen (secondary N) is 1. The van der Waals surface area contributed by atoms with E-state index < -0.39 is 0 Å². The summed E-state index contributed by atoms with van der Waals surface area (Å²) in [6, 6.07) is 14.5. The molecule has 1 nitrogen and oxygen atoms in total. The molecule has 0 saturated carbocycles. The summed E-state index contributed by atoms with van der Waals surface area (Å²) >= 11 is 1.91. The molecular formula is C19H27NS. The Bertz CT molecular complexity index is 541. The lowest BCUT2D eigenvalue weighted by Crippen LogP contribution is -2.31. The molecule has 1 aromatic carbocycles. The van der Waals surface area contributed by atoms with Gasteiger partial charge in [-0.15, -0.1) is 11.3 Å². The van der Waals surface area contributed by atoms with Crippen molar-refractivity contribution in [3.05, 3.63) is 57.3 Å². The van der Waals surface area contributed by atoms with Crippen LogP contribution in [0.25, 0.3) is 0 Å². The van der Waals surface area contributed by atoms with Gasteiger partial charge in [0, 0.05) is 21.8 Å². The first-order valence-corrected chi connectivity index (χ1v) is 8.84. The maximum absolute atomic E-state index is 3.78. The van der Waals surface area contributed by atoms with E-state index in [4.69, 9.17) is 0 Å². The fraction of sp³-hybridized carbons (Fsp3) is 0.474. The Morgan fingerprint density at radius 3 is 2.29 bits per heavy atom. The molecule has 2 unspecified atom stereocenters. The molecule has 1 heterocycles. The van der Waals surface area contributed by atoms with Gasteiger partial charge < -0.3 is 5.32 Å². The first kappa shape index (κ1) is 16.3. The molecule has 0 aliphatic rings. The minimum atomic E-state index is 0.451. The molecule has 2 aromatic rings. The largest absolute Gasteiger partial charge is 0.307 e. The van der Waals surface area contributed by atoms with Gasteiger partial charge in [0.05, 0.1) is 0 Å². The molecule has 2 heteroatoms. The third-order valence-electron chi connectivity index (χ3n) is 3.99. The van der Waals surface area contributed by atoms with Crippen LogP contribution in [0, 0.1) is 6.92 Å². The van der Waals surface area contributed by atoms with E-state index in [1.54, 1.807) is 0 Å². The Kier molecular flexibility index (Phi) is 6.01. The lowest BCUT2D eigenvalue weighted by molar-refractivity contribution is 0.445. The zero-order chi connectivity index (χ0) is 15.2. The Morgan fingerprint density at radius 1 is 1.05 bits per heavy atom. The maximum atomic E-state index is 3.78. The van der Waals surface area contributed by atoms with E-state index in [9.17, 15) is 0 Å². The molecule has 0 spiro atoms. The molecule has 0 aliphatic heterocycles. The van der Waals surface area contributed by atoms with Crippen LogP contribution in [0.5, 0.6) is 0 Å². The SMILES string of the molecule is CCc1ccc(C(CC)NC(C)Cc2ccc(C)s2)cc1. The molecule has 21 heavy (non-hydrogen) atoms. The van der Waals surface area contributed by atoms with Crippen molar-refractivity contribution in [1.82, 2.24) is 5.32 Å². The number of rotatable bonds is 7. The van der Waals surface area contributed by atoms with Gasteiger partial charge >= 0.3 is 0 Å². The molecule has 0 fully saturated rings. The molecule has 0 saturated heterocycles. The highest BCUT2D eigenvalue weighted by Crippen LogP contribution is 2.21. The maximum Gasteiger partial charge on any atom is 0.0320 e. The van der Waals surface area contributed by atoms with E-state index in [1.165, 1.54) is 20.9 Å². The van der Waals surface area contributed by atoms with E-state index in [2.05, 4.69) is 69.4 Å². The smallest absolute Gasteiger partial charge is 0.0320 e. The van der Waals surface area contributed by atoms with Crippen LogP contribution in [-0.4, -0.2) is 6.04 Å². The van der Waals surface area contributed by atoms with Crippen LogP contribution < -0.4 is 5.32 Å². The van der Waals surface area contributed by atoms with Crippen molar-refractivity contribution in [3.63, 3.8) is 0 Å².